The van der Waals surface area contributed by atoms with Gasteiger partial charge >= 0.3 is 5.69 Å². The zero-order valence-electron chi connectivity index (χ0n) is 11.6. The zero-order valence-corrected chi connectivity index (χ0v) is 12.4. The number of benzene rings is 1. The predicted octanol–water partition coefficient (Wildman–Crippen LogP) is 2.16. The van der Waals surface area contributed by atoms with Crippen molar-refractivity contribution < 1.29 is 4.39 Å². The minimum atomic E-state index is -0.312. The Balaban J connectivity index is 2.29. The molecule has 2 rings (SSSR count). The van der Waals surface area contributed by atoms with Crippen molar-refractivity contribution in [2.24, 2.45) is 0 Å². The summed E-state index contributed by atoms with van der Waals surface area (Å²) in [6, 6.07) is 5.02. The highest BCUT2D eigenvalue weighted by atomic mass is 32.2. The van der Waals surface area contributed by atoms with Crippen molar-refractivity contribution in [1.29, 1.82) is 0 Å². The van der Waals surface area contributed by atoms with Crippen LogP contribution in [0.5, 0.6) is 0 Å². The molecule has 0 radical (unpaired) electrons. The van der Waals surface area contributed by atoms with Gasteiger partial charge in [0.15, 0.2) is 5.16 Å². The van der Waals surface area contributed by atoms with Gasteiger partial charge in [0.1, 0.15) is 5.82 Å². The second-order valence-electron chi connectivity index (χ2n) is 4.67. The second-order valence-corrected chi connectivity index (χ2v) is 5.68. The maximum Gasteiger partial charge on any atom is 0.344 e. The summed E-state index contributed by atoms with van der Waals surface area (Å²) < 4.78 is 15.5. The number of halogens is 1. The van der Waals surface area contributed by atoms with Gasteiger partial charge in [-0.15, -0.1) is 5.10 Å². The van der Waals surface area contributed by atoms with Gasteiger partial charge in [-0.2, -0.15) is 0 Å². The maximum absolute atomic E-state index is 14.0. The molecule has 0 aliphatic carbocycles. The van der Waals surface area contributed by atoms with E-state index in [-0.39, 0.29) is 17.5 Å². The summed E-state index contributed by atoms with van der Waals surface area (Å²) >= 11 is 1.14. The molecule has 0 unspecified atom stereocenters. The van der Waals surface area contributed by atoms with Crippen LogP contribution in [0.4, 0.5) is 4.39 Å². The lowest BCUT2D eigenvalue weighted by Crippen LogP contribution is -2.19. The first kappa shape index (κ1) is 14.8. The third-order valence-electron chi connectivity index (χ3n) is 2.77. The van der Waals surface area contributed by atoms with Gasteiger partial charge in [0, 0.05) is 12.6 Å². The van der Waals surface area contributed by atoms with Crippen molar-refractivity contribution in [3.63, 3.8) is 0 Å². The van der Waals surface area contributed by atoms with E-state index in [9.17, 15) is 9.18 Å². The van der Waals surface area contributed by atoms with Crippen LogP contribution >= 0.6 is 11.8 Å². The standard InChI is InChI=1S/C13H17FN4OS/c1-8(2)18-12(19)16-17-13(18)20-11-5-4-9(7-15-3)6-10(11)14/h4-6,8,15H,7H2,1-3H3,(H,16,19). The zero-order chi connectivity index (χ0) is 14.7. The summed E-state index contributed by atoms with van der Waals surface area (Å²) in [4.78, 5) is 12.1. The number of aromatic amines is 1. The van der Waals surface area contributed by atoms with Gasteiger partial charge < -0.3 is 5.32 Å². The normalized spacial score (nSPS) is 11.2. The van der Waals surface area contributed by atoms with Gasteiger partial charge in [-0.25, -0.2) is 14.3 Å². The Labute approximate surface area is 120 Å². The lowest BCUT2D eigenvalue weighted by molar-refractivity contribution is 0.533. The van der Waals surface area contributed by atoms with E-state index in [2.05, 4.69) is 15.5 Å². The molecule has 0 saturated heterocycles. The van der Waals surface area contributed by atoms with Crippen molar-refractivity contribution in [3.8, 4) is 0 Å². The number of rotatable bonds is 5. The molecule has 2 aromatic rings. The molecule has 1 aromatic carbocycles. The minimum Gasteiger partial charge on any atom is -0.316 e. The molecule has 0 atom stereocenters. The van der Waals surface area contributed by atoms with Crippen LogP contribution in [0.25, 0.3) is 0 Å². The van der Waals surface area contributed by atoms with Crippen molar-refractivity contribution >= 4 is 11.8 Å². The molecule has 20 heavy (non-hydrogen) atoms. The highest BCUT2D eigenvalue weighted by Gasteiger charge is 2.14. The van der Waals surface area contributed by atoms with E-state index < -0.39 is 0 Å². The number of nitrogens with zero attached hydrogens (tertiary/aromatic N) is 2. The quantitative estimate of drug-likeness (QED) is 0.887. The number of hydrogen-bond acceptors (Lipinski definition) is 4. The van der Waals surface area contributed by atoms with E-state index in [0.717, 1.165) is 17.3 Å². The van der Waals surface area contributed by atoms with E-state index in [1.807, 2.05) is 27.0 Å². The fourth-order valence-electron chi connectivity index (χ4n) is 1.86. The number of hydrogen-bond donors (Lipinski definition) is 2. The average Bonchev–Trinajstić information content (AvgIpc) is 2.74. The smallest absolute Gasteiger partial charge is 0.316 e. The van der Waals surface area contributed by atoms with Gasteiger partial charge in [-0.3, -0.25) is 4.57 Å². The molecule has 0 spiro atoms. The van der Waals surface area contributed by atoms with Crippen molar-refractivity contribution in [2.75, 3.05) is 7.05 Å². The fraction of sp³-hybridized carbons (Fsp3) is 0.385. The van der Waals surface area contributed by atoms with Gasteiger partial charge in [0.2, 0.25) is 0 Å². The van der Waals surface area contributed by atoms with Crippen LogP contribution in [-0.4, -0.2) is 21.8 Å². The van der Waals surface area contributed by atoms with E-state index in [1.165, 1.54) is 10.6 Å². The van der Waals surface area contributed by atoms with Gasteiger partial charge in [-0.05, 0) is 50.4 Å². The molecule has 0 saturated carbocycles. The lowest BCUT2D eigenvalue weighted by atomic mass is 10.2. The summed E-state index contributed by atoms with van der Waals surface area (Å²) in [5, 5.41) is 9.77. The Morgan fingerprint density at radius 3 is 2.85 bits per heavy atom. The molecular weight excluding hydrogens is 279 g/mol. The van der Waals surface area contributed by atoms with Gasteiger partial charge in [-0.1, -0.05) is 6.07 Å². The van der Waals surface area contributed by atoms with E-state index in [0.29, 0.717) is 16.6 Å². The molecule has 5 nitrogen and oxygen atoms in total. The number of nitrogens with one attached hydrogen (secondary N) is 2. The molecule has 0 amide bonds. The molecule has 0 aliphatic rings. The summed E-state index contributed by atoms with van der Waals surface area (Å²) in [5.41, 5.74) is 0.590. The van der Waals surface area contributed by atoms with Crippen molar-refractivity contribution in [1.82, 2.24) is 20.1 Å². The highest BCUT2D eigenvalue weighted by Crippen LogP contribution is 2.29. The Hall–Kier alpha value is -1.60. The number of aromatic nitrogens is 3. The molecule has 1 aromatic heterocycles. The van der Waals surface area contributed by atoms with Gasteiger partial charge in [0.05, 0.1) is 4.90 Å². The predicted molar refractivity (Wildman–Crippen MR) is 76.5 cm³/mol. The summed E-state index contributed by atoms with van der Waals surface area (Å²) in [7, 11) is 1.81. The van der Waals surface area contributed by atoms with E-state index in [4.69, 9.17) is 0 Å². The molecule has 0 bridgehead atoms. The topological polar surface area (TPSA) is 62.7 Å². The third kappa shape index (κ3) is 3.10. The summed E-state index contributed by atoms with van der Waals surface area (Å²) in [6.45, 7) is 4.38. The van der Waals surface area contributed by atoms with Crippen LogP contribution in [0.1, 0.15) is 25.5 Å². The Morgan fingerprint density at radius 2 is 2.25 bits per heavy atom. The van der Waals surface area contributed by atoms with Crippen molar-refractivity contribution in [3.05, 3.63) is 40.1 Å². The largest absolute Gasteiger partial charge is 0.344 e. The molecule has 2 N–H and O–H groups in total. The first-order chi connectivity index (χ1) is 9.52. The Kier molecular flexibility index (Phi) is 4.61. The maximum atomic E-state index is 14.0. The van der Waals surface area contributed by atoms with Crippen LogP contribution < -0.4 is 11.0 Å². The Morgan fingerprint density at radius 1 is 1.50 bits per heavy atom. The van der Waals surface area contributed by atoms with Crippen LogP contribution in [0.15, 0.2) is 33.0 Å². The summed E-state index contributed by atoms with van der Waals surface area (Å²) in [6.07, 6.45) is 0. The van der Waals surface area contributed by atoms with Crippen molar-refractivity contribution in [2.45, 2.75) is 36.5 Å². The third-order valence-corrected chi connectivity index (χ3v) is 3.79. The molecule has 0 aliphatic heterocycles. The monoisotopic (exact) mass is 296 g/mol. The molecule has 7 heteroatoms. The lowest BCUT2D eigenvalue weighted by Gasteiger charge is -2.09. The number of H-pyrrole nitrogens is 1. The van der Waals surface area contributed by atoms with Crippen LogP contribution in [-0.2, 0) is 6.54 Å². The van der Waals surface area contributed by atoms with Gasteiger partial charge in [0.25, 0.3) is 0 Å². The van der Waals surface area contributed by atoms with Crippen LogP contribution in [0, 0.1) is 5.82 Å². The molecule has 108 valence electrons. The average molecular weight is 296 g/mol. The van der Waals surface area contributed by atoms with Crippen LogP contribution in [0.2, 0.25) is 0 Å². The molecule has 0 fully saturated rings. The van der Waals surface area contributed by atoms with E-state index >= 15 is 0 Å². The highest BCUT2D eigenvalue weighted by molar-refractivity contribution is 7.99. The molecular formula is C13H17FN4OS. The fourth-order valence-corrected chi connectivity index (χ4v) is 2.83. The minimum absolute atomic E-state index is 0.0321. The van der Waals surface area contributed by atoms with Crippen LogP contribution in [0.3, 0.4) is 0 Å². The Bertz CT molecular complexity index is 650. The summed E-state index contributed by atoms with van der Waals surface area (Å²) in [5.74, 6) is -0.312. The SMILES string of the molecule is CNCc1ccc(Sc2n[nH]c(=O)n2C(C)C)c(F)c1. The second kappa shape index (κ2) is 6.23. The first-order valence-electron chi connectivity index (χ1n) is 6.30. The first-order valence-corrected chi connectivity index (χ1v) is 7.12. The van der Waals surface area contributed by atoms with E-state index in [1.54, 1.807) is 6.07 Å². The molecule has 1 heterocycles.